The van der Waals surface area contributed by atoms with Gasteiger partial charge in [0.05, 0.1) is 19.6 Å². The number of rotatable bonds is 2. The molecule has 0 amide bonds. The molecular weight excluding hydrogens is 282 g/mol. The zero-order chi connectivity index (χ0) is 11.0. The minimum atomic E-state index is -0.414. The maximum atomic E-state index is 10.7. The smallest absolute Gasteiger partial charge is 0.285 e. The number of nitrogens with zero attached hydrogens (tertiary/aromatic N) is 2. The van der Waals surface area contributed by atoms with Crippen LogP contribution in [0.4, 0.5) is 10.8 Å². The van der Waals surface area contributed by atoms with Gasteiger partial charge in [0.2, 0.25) is 0 Å². The maximum Gasteiger partial charge on any atom is 0.285 e. The first-order valence-corrected chi connectivity index (χ1v) is 5.65. The number of nitro groups is 1. The van der Waals surface area contributed by atoms with E-state index in [0.717, 1.165) is 15.3 Å². The highest BCUT2D eigenvalue weighted by molar-refractivity contribution is 9.10. The molecule has 2 rings (SSSR count). The van der Waals surface area contributed by atoms with Crippen molar-refractivity contribution >= 4 is 48.3 Å². The van der Waals surface area contributed by atoms with E-state index in [4.69, 9.17) is 0 Å². The molecule has 0 spiro atoms. The fourth-order valence-electron chi connectivity index (χ4n) is 1.18. The van der Waals surface area contributed by atoms with Crippen molar-refractivity contribution in [2.24, 2.45) is 0 Å². The molecule has 0 aliphatic rings. The highest BCUT2D eigenvalue weighted by atomic mass is 79.9. The van der Waals surface area contributed by atoms with Crippen LogP contribution in [0.2, 0.25) is 0 Å². The van der Waals surface area contributed by atoms with Crippen molar-refractivity contribution in [1.29, 1.82) is 0 Å². The van der Waals surface area contributed by atoms with E-state index in [0.29, 0.717) is 4.47 Å². The van der Waals surface area contributed by atoms with Crippen molar-refractivity contribution in [3.63, 3.8) is 0 Å². The first kappa shape index (κ1) is 10.3. The highest BCUT2D eigenvalue weighted by Gasteiger charge is 2.15. The Morgan fingerprint density at radius 2 is 2.33 bits per heavy atom. The largest absolute Gasteiger partial charge is 0.365 e. The molecule has 0 aliphatic carbocycles. The van der Waals surface area contributed by atoms with E-state index < -0.39 is 4.92 Å². The first-order chi connectivity index (χ1) is 7.11. The summed E-state index contributed by atoms with van der Waals surface area (Å²) in [6.07, 6.45) is 0. The van der Waals surface area contributed by atoms with Crippen molar-refractivity contribution in [2.45, 2.75) is 0 Å². The van der Waals surface area contributed by atoms with E-state index in [1.54, 1.807) is 13.1 Å². The highest BCUT2D eigenvalue weighted by Crippen LogP contribution is 2.34. The summed E-state index contributed by atoms with van der Waals surface area (Å²) in [6, 6.07) is 3.18. The average Bonchev–Trinajstić information content (AvgIpc) is 2.58. The molecule has 15 heavy (non-hydrogen) atoms. The second-order valence-corrected chi connectivity index (χ2v) is 4.68. The summed E-state index contributed by atoms with van der Waals surface area (Å²) >= 11 is 4.54. The van der Waals surface area contributed by atoms with E-state index >= 15 is 0 Å². The molecule has 2 aromatic rings. The maximum absolute atomic E-state index is 10.7. The summed E-state index contributed by atoms with van der Waals surface area (Å²) in [5.74, 6) is 0. The Labute approximate surface area is 97.4 Å². The van der Waals surface area contributed by atoms with E-state index in [9.17, 15) is 10.1 Å². The van der Waals surface area contributed by atoms with Crippen LogP contribution in [0.1, 0.15) is 0 Å². The third kappa shape index (κ3) is 1.80. The Morgan fingerprint density at radius 1 is 1.60 bits per heavy atom. The van der Waals surface area contributed by atoms with Crippen molar-refractivity contribution in [3.05, 3.63) is 26.7 Å². The summed E-state index contributed by atoms with van der Waals surface area (Å²) in [5.41, 5.74) is 0.815. The predicted octanol–water partition coefficient (Wildman–Crippen LogP) is 3.01. The Hall–Kier alpha value is -1.21. The van der Waals surface area contributed by atoms with Gasteiger partial charge in [-0.2, -0.15) is 0 Å². The lowest BCUT2D eigenvalue weighted by Crippen LogP contribution is -1.88. The van der Waals surface area contributed by atoms with Crippen molar-refractivity contribution < 1.29 is 4.92 Å². The minimum absolute atomic E-state index is 0.0637. The van der Waals surface area contributed by atoms with Crippen LogP contribution in [0.25, 0.3) is 10.2 Å². The van der Waals surface area contributed by atoms with E-state index in [-0.39, 0.29) is 5.69 Å². The number of aromatic nitrogens is 1. The van der Waals surface area contributed by atoms with Crippen LogP contribution in [0.15, 0.2) is 16.6 Å². The zero-order valence-electron chi connectivity index (χ0n) is 7.65. The Morgan fingerprint density at radius 3 is 2.93 bits per heavy atom. The lowest BCUT2D eigenvalue weighted by Gasteiger charge is -1.93. The van der Waals surface area contributed by atoms with E-state index in [2.05, 4.69) is 26.2 Å². The van der Waals surface area contributed by atoms with Crippen LogP contribution in [0.5, 0.6) is 0 Å². The number of hydrogen-bond donors (Lipinski definition) is 1. The number of nitrogens with one attached hydrogen (secondary N) is 1. The molecule has 1 aromatic carbocycles. The average molecular weight is 288 g/mol. The lowest BCUT2D eigenvalue weighted by molar-refractivity contribution is -0.385. The summed E-state index contributed by atoms with van der Waals surface area (Å²) in [5, 5.41) is 14.3. The molecule has 1 heterocycles. The van der Waals surface area contributed by atoms with Gasteiger partial charge in [0.15, 0.2) is 5.13 Å². The predicted molar refractivity (Wildman–Crippen MR) is 63.5 cm³/mol. The van der Waals surface area contributed by atoms with Crippen LogP contribution in [0.3, 0.4) is 0 Å². The normalized spacial score (nSPS) is 10.5. The van der Waals surface area contributed by atoms with Gasteiger partial charge < -0.3 is 5.32 Å². The molecule has 5 nitrogen and oxygen atoms in total. The number of thiazole rings is 1. The monoisotopic (exact) mass is 287 g/mol. The van der Waals surface area contributed by atoms with Crippen molar-refractivity contribution in [1.82, 2.24) is 4.98 Å². The Balaban J connectivity index is 2.68. The molecule has 1 aromatic heterocycles. The molecule has 0 radical (unpaired) electrons. The van der Waals surface area contributed by atoms with Crippen LogP contribution in [0, 0.1) is 10.1 Å². The number of anilines is 1. The molecule has 0 bridgehead atoms. The quantitative estimate of drug-likeness (QED) is 0.681. The topological polar surface area (TPSA) is 68.1 Å². The number of nitro benzene ring substituents is 1. The zero-order valence-corrected chi connectivity index (χ0v) is 10.1. The van der Waals surface area contributed by atoms with Crippen LogP contribution in [-0.4, -0.2) is 17.0 Å². The fourth-order valence-corrected chi connectivity index (χ4v) is 2.49. The van der Waals surface area contributed by atoms with Gasteiger partial charge in [0.25, 0.3) is 5.69 Å². The van der Waals surface area contributed by atoms with Gasteiger partial charge in [-0.1, -0.05) is 11.3 Å². The van der Waals surface area contributed by atoms with Gasteiger partial charge >= 0.3 is 0 Å². The molecule has 0 saturated carbocycles. The molecule has 78 valence electrons. The molecule has 0 unspecified atom stereocenters. The fraction of sp³-hybridized carbons (Fsp3) is 0.125. The molecule has 0 fully saturated rings. The van der Waals surface area contributed by atoms with Crippen molar-refractivity contribution in [3.8, 4) is 0 Å². The second-order valence-electron chi connectivity index (χ2n) is 2.80. The Bertz CT molecular complexity index is 540. The SMILES string of the molecule is CNc1nc2cc(Br)c([N+](=O)[O-])cc2s1. The van der Waals surface area contributed by atoms with E-state index in [1.807, 2.05) is 0 Å². The van der Waals surface area contributed by atoms with Crippen molar-refractivity contribution in [2.75, 3.05) is 12.4 Å². The molecule has 0 saturated heterocycles. The Kier molecular flexibility index (Phi) is 2.57. The van der Waals surface area contributed by atoms with E-state index in [1.165, 1.54) is 17.4 Å². The van der Waals surface area contributed by atoms with Gasteiger partial charge in [-0.25, -0.2) is 4.98 Å². The standard InChI is InChI=1S/C8H6BrN3O2S/c1-10-8-11-5-2-4(9)6(12(13)14)3-7(5)15-8/h2-3H,1H3,(H,10,11). The molecule has 0 atom stereocenters. The van der Waals surface area contributed by atoms with Gasteiger partial charge in [-0.15, -0.1) is 0 Å². The van der Waals surface area contributed by atoms with Crippen LogP contribution >= 0.6 is 27.3 Å². The second kappa shape index (κ2) is 3.74. The molecular formula is C8H6BrN3O2S. The van der Waals surface area contributed by atoms with Gasteiger partial charge in [-0.3, -0.25) is 10.1 Å². The lowest BCUT2D eigenvalue weighted by atomic mass is 10.3. The van der Waals surface area contributed by atoms with Gasteiger partial charge in [0.1, 0.15) is 0 Å². The molecule has 0 aliphatic heterocycles. The third-order valence-electron chi connectivity index (χ3n) is 1.87. The van der Waals surface area contributed by atoms with Gasteiger partial charge in [0, 0.05) is 13.1 Å². The summed E-state index contributed by atoms with van der Waals surface area (Å²) in [6.45, 7) is 0. The summed E-state index contributed by atoms with van der Waals surface area (Å²) in [7, 11) is 1.77. The van der Waals surface area contributed by atoms with Crippen LogP contribution < -0.4 is 5.32 Å². The third-order valence-corrected chi connectivity index (χ3v) is 3.54. The summed E-state index contributed by atoms with van der Waals surface area (Å²) in [4.78, 5) is 14.5. The minimum Gasteiger partial charge on any atom is -0.365 e. The van der Waals surface area contributed by atoms with Crippen LogP contribution in [-0.2, 0) is 0 Å². The molecule has 7 heteroatoms. The summed E-state index contributed by atoms with van der Waals surface area (Å²) < 4.78 is 1.25. The molecule has 1 N–H and O–H groups in total. The number of halogens is 1. The number of fused-ring (bicyclic) bond motifs is 1. The first-order valence-electron chi connectivity index (χ1n) is 4.04. The van der Waals surface area contributed by atoms with Gasteiger partial charge in [-0.05, 0) is 22.0 Å². The number of benzene rings is 1. The number of hydrogen-bond acceptors (Lipinski definition) is 5.